The van der Waals surface area contributed by atoms with Gasteiger partial charge in [-0.25, -0.2) is 15.0 Å². The Kier molecular flexibility index (Phi) is 3.66. The minimum absolute atomic E-state index is 0.180. The number of alkyl halides is 3. The molecule has 4 nitrogen and oxygen atoms in total. The van der Waals surface area contributed by atoms with Gasteiger partial charge in [-0.2, -0.15) is 13.2 Å². The predicted molar refractivity (Wildman–Crippen MR) is 72.1 cm³/mol. The monoisotopic (exact) mass is 314 g/mol. The number of hydrogen-bond acceptors (Lipinski definition) is 5. The van der Waals surface area contributed by atoms with Crippen molar-refractivity contribution in [1.29, 1.82) is 0 Å². The van der Waals surface area contributed by atoms with Gasteiger partial charge in [-0.15, -0.1) is 11.3 Å². The number of fused-ring (bicyclic) bond motifs is 1. The van der Waals surface area contributed by atoms with Crippen LogP contribution in [-0.2, 0) is 25.6 Å². The molecule has 3 heterocycles. The molecule has 0 amide bonds. The molecule has 1 aliphatic rings. The minimum atomic E-state index is -4.45. The maximum Gasteiger partial charge on any atom is 0.433 e. The molecule has 21 heavy (non-hydrogen) atoms. The molecule has 1 aliphatic heterocycles. The first-order valence-corrected chi connectivity index (χ1v) is 7.39. The Morgan fingerprint density at radius 3 is 2.76 bits per heavy atom. The molecule has 1 N–H and O–H groups in total. The normalized spacial score (nSPS) is 15.0. The average Bonchev–Trinajstić information content (AvgIpc) is 2.82. The van der Waals surface area contributed by atoms with Crippen molar-refractivity contribution in [3.8, 4) is 0 Å². The van der Waals surface area contributed by atoms with Gasteiger partial charge in [0, 0.05) is 23.2 Å². The molecule has 0 radical (unpaired) electrons. The summed E-state index contributed by atoms with van der Waals surface area (Å²) in [5, 5.41) is 5.63. The van der Waals surface area contributed by atoms with E-state index in [1.54, 1.807) is 0 Å². The van der Waals surface area contributed by atoms with Crippen LogP contribution in [0.1, 0.15) is 33.5 Å². The largest absolute Gasteiger partial charge is 0.433 e. The summed E-state index contributed by atoms with van der Waals surface area (Å²) in [6.45, 7) is 2.72. The fourth-order valence-electron chi connectivity index (χ4n) is 2.34. The van der Waals surface area contributed by atoms with Gasteiger partial charge in [-0.3, -0.25) is 0 Å². The van der Waals surface area contributed by atoms with Crippen LogP contribution in [0.2, 0.25) is 0 Å². The molecule has 8 heteroatoms. The zero-order valence-electron chi connectivity index (χ0n) is 11.3. The maximum absolute atomic E-state index is 13.2. The van der Waals surface area contributed by atoms with Crippen LogP contribution in [0, 0.1) is 6.92 Å². The highest BCUT2D eigenvalue weighted by atomic mass is 32.1. The van der Waals surface area contributed by atoms with Gasteiger partial charge in [0.1, 0.15) is 10.8 Å². The number of nitrogens with zero attached hydrogens (tertiary/aromatic N) is 3. The lowest BCUT2D eigenvalue weighted by atomic mass is 10.0. The molecule has 2 aromatic heterocycles. The highest BCUT2D eigenvalue weighted by Gasteiger charge is 2.37. The first-order valence-electron chi connectivity index (χ1n) is 6.51. The molecule has 0 aromatic carbocycles. The van der Waals surface area contributed by atoms with Gasteiger partial charge in [-0.05, 0) is 19.9 Å². The summed E-state index contributed by atoms with van der Waals surface area (Å²) in [7, 11) is 0. The van der Waals surface area contributed by atoms with E-state index in [0.29, 0.717) is 25.2 Å². The Morgan fingerprint density at radius 1 is 1.29 bits per heavy atom. The molecule has 0 fully saturated rings. The van der Waals surface area contributed by atoms with Crippen molar-refractivity contribution in [2.45, 2.75) is 32.5 Å². The Labute approximate surface area is 123 Å². The second-order valence-electron chi connectivity index (χ2n) is 4.90. The fourth-order valence-corrected chi connectivity index (χ4v) is 3.11. The van der Waals surface area contributed by atoms with E-state index < -0.39 is 11.9 Å². The SMILES string of the molecule is Cc1csc(Cc2nc3c(c(C(F)(F)F)n2)CCNC3)n1. The summed E-state index contributed by atoms with van der Waals surface area (Å²) in [5.41, 5.74) is 0.732. The van der Waals surface area contributed by atoms with E-state index in [-0.39, 0.29) is 17.8 Å². The van der Waals surface area contributed by atoms with Crippen molar-refractivity contribution in [3.63, 3.8) is 0 Å². The summed E-state index contributed by atoms with van der Waals surface area (Å²) < 4.78 is 39.5. The third-order valence-corrected chi connectivity index (χ3v) is 4.19. The maximum atomic E-state index is 13.2. The van der Waals surface area contributed by atoms with E-state index in [2.05, 4.69) is 20.3 Å². The smallest absolute Gasteiger partial charge is 0.311 e. The number of thiazole rings is 1. The second kappa shape index (κ2) is 5.34. The van der Waals surface area contributed by atoms with Crippen molar-refractivity contribution in [2.24, 2.45) is 0 Å². The van der Waals surface area contributed by atoms with Gasteiger partial charge < -0.3 is 5.32 Å². The topological polar surface area (TPSA) is 50.7 Å². The van der Waals surface area contributed by atoms with E-state index in [1.165, 1.54) is 11.3 Å². The van der Waals surface area contributed by atoms with Crippen LogP contribution >= 0.6 is 11.3 Å². The van der Waals surface area contributed by atoms with Crippen molar-refractivity contribution < 1.29 is 13.2 Å². The summed E-state index contributed by atoms with van der Waals surface area (Å²) in [4.78, 5) is 12.3. The average molecular weight is 314 g/mol. The predicted octanol–water partition coefficient (Wildman–Crippen LogP) is 2.50. The molecule has 2 aromatic rings. The molecule has 0 saturated carbocycles. The summed E-state index contributed by atoms with van der Waals surface area (Å²) in [6.07, 6.45) is -3.91. The first-order chi connectivity index (χ1) is 9.93. The first kappa shape index (κ1) is 14.4. The number of nitrogens with one attached hydrogen (secondary N) is 1. The van der Waals surface area contributed by atoms with E-state index in [4.69, 9.17) is 0 Å². The van der Waals surface area contributed by atoms with Crippen molar-refractivity contribution in [2.75, 3.05) is 6.54 Å². The van der Waals surface area contributed by atoms with Crippen LogP contribution in [0.3, 0.4) is 0 Å². The number of aromatic nitrogens is 3. The molecule has 0 unspecified atom stereocenters. The summed E-state index contributed by atoms with van der Waals surface area (Å²) in [6, 6.07) is 0. The quantitative estimate of drug-likeness (QED) is 0.925. The summed E-state index contributed by atoms with van der Waals surface area (Å²) >= 11 is 1.41. The van der Waals surface area contributed by atoms with Crippen molar-refractivity contribution in [3.05, 3.63) is 38.9 Å². The lowest BCUT2D eigenvalue weighted by Gasteiger charge is -2.21. The van der Waals surface area contributed by atoms with Gasteiger partial charge in [0.05, 0.1) is 12.1 Å². The van der Waals surface area contributed by atoms with Crippen LogP contribution in [0.15, 0.2) is 5.38 Å². The van der Waals surface area contributed by atoms with E-state index in [9.17, 15) is 13.2 Å². The Bertz CT molecular complexity index is 666. The van der Waals surface area contributed by atoms with Crippen LogP contribution in [0.5, 0.6) is 0 Å². The van der Waals surface area contributed by atoms with E-state index in [0.717, 1.165) is 10.7 Å². The van der Waals surface area contributed by atoms with Crippen molar-refractivity contribution >= 4 is 11.3 Å². The van der Waals surface area contributed by atoms with Crippen LogP contribution in [0.25, 0.3) is 0 Å². The third-order valence-electron chi connectivity index (χ3n) is 3.23. The molecular formula is C13H13F3N4S. The molecule has 0 spiro atoms. The molecule has 0 saturated heterocycles. The lowest BCUT2D eigenvalue weighted by Crippen LogP contribution is -2.29. The third kappa shape index (κ3) is 3.06. The molecule has 0 atom stereocenters. The minimum Gasteiger partial charge on any atom is -0.311 e. The molecule has 0 bridgehead atoms. The summed E-state index contributed by atoms with van der Waals surface area (Å²) in [5.74, 6) is 0.180. The van der Waals surface area contributed by atoms with E-state index in [1.807, 2.05) is 12.3 Å². The zero-order chi connectivity index (χ0) is 15.0. The van der Waals surface area contributed by atoms with Gasteiger partial charge in [0.15, 0.2) is 5.69 Å². The number of hydrogen-bond donors (Lipinski definition) is 1. The van der Waals surface area contributed by atoms with Gasteiger partial charge in [0.2, 0.25) is 0 Å². The van der Waals surface area contributed by atoms with Crippen LogP contribution in [-0.4, -0.2) is 21.5 Å². The van der Waals surface area contributed by atoms with Crippen LogP contribution in [0.4, 0.5) is 13.2 Å². The lowest BCUT2D eigenvalue weighted by molar-refractivity contribution is -0.142. The Hall–Kier alpha value is -1.54. The molecule has 112 valence electrons. The molecule has 0 aliphatic carbocycles. The number of aryl methyl sites for hydroxylation is 1. The highest BCUT2D eigenvalue weighted by molar-refractivity contribution is 7.09. The van der Waals surface area contributed by atoms with Gasteiger partial charge in [0.25, 0.3) is 0 Å². The van der Waals surface area contributed by atoms with Gasteiger partial charge in [-0.1, -0.05) is 0 Å². The number of rotatable bonds is 2. The Morgan fingerprint density at radius 2 is 2.10 bits per heavy atom. The highest BCUT2D eigenvalue weighted by Crippen LogP contribution is 2.33. The fraction of sp³-hybridized carbons (Fsp3) is 0.462. The molecular weight excluding hydrogens is 301 g/mol. The Balaban J connectivity index is 2.01. The van der Waals surface area contributed by atoms with Gasteiger partial charge >= 0.3 is 6.18 Å². The number of halogens is 3. The second-order valence-corrected chi connectivity index (χ2v) is 5.84. The standard InChI is InChI=1S/C13H13F3N4S/c1-7-6-21-11(18-7)4-10-19-9-5-17-3-2-8(9)12(20-10)13(14,15)16/h6,17H,2-5H2,1H3. The van der Waals surface area contributed by atoms with Crippen molar-refractivity contribution in [1.82, 2.24) is 20.3 Å². The zero-order valence-corrected chi connectivity index (χ0v) is 12.1. The van der Waals surface area contributed by atoms with Crippen LogP contribution < -0.4 is 5.32 Å². The molecule has 3 rings (SSSR count). The van der Waals surface area contributed by atoms with E-state index >= 15 is 0 Å².